The molecule has 0 unspecified atom stereocenters. The van der Waals surface area contributed by atoms with E-state index < -0.39 is 0 Å². The van der Waals surface area contributed by atoms with Crippen molar-refractivity contribution in [2.24, 2.45) is 17.8 Å². The molecule has 0 spiro atoms. The quantitative estimate of drug-likeness (QED) is 0.857. The van der Waals surface area contributed by atoms with Gasteiger partial charge in [-0.25, -0.2) is 4.68 Å². The van der Waals surface area contributed by atoms with Gasteiger partial charge in [0.05, 0.1) is 11.4 Å². The van der Waals surface area contributed by atoms with Crippen molar-refractivity contribution >= 4 is 5.82 Å². The zero-order valence-electron chi connectivity index (χ0n) is 16.2. The Morgan fingerprint density at radius 2 is 1.68 bits per heavy atom. The molecule has 2 aromatic rings. The van der Waals surface area contributed by atoms with Gasteiger partial charge in [-0.15, -0.1) is 0 Å². The number of nitrogens with one attached hydrogen (secondary N) is 1. The highest BCUT2D eigenvalue weighted by Crippen LogP contribution is 2.61. The normalized spacial score (nSPS) is 34.4. The Bertz CT molecular complexity index is 928. The molecule has 8 rings (SSSR count). The maximum absolute atomic E-state index is 5.83. The van der Waals surface area contributed by atoms with Crippen molar-refractivity contribution in [2.75, 3.05) is 25.1 Å². The SMILES string of the molecule is c1cc2c(cc1-n1nc(C34CC5CC(CC(C5)C3)C4)c3c1NCC3)OCCO2. The lowest BCUT2D eigenvalue weighted by molar-refractivity contribution is -0.00770. The van der Waals surface area contributed by atoms with Gasteiger partial charge in [-0.1, -0.05) is 0 Å². The highest BCUT2D eigenvalue weighted by Gasteiger charge is 2.54. The van der Waals surface area contributed by atoms with Crippen LogP contribution in [0.5, 0.6) is 11.5 Å². The first kappa shape index (κ1) is 15.7. The number of anilines is 1. The van der Waals surface area contributed by atoms with Crippen molar-refractivity contribution in [3.63, 3.8) is 0 Å². The van der Waals surface area contributed by atoms with Crippen LogP contribution in [0.15, 0.2) is 18.2 Å². The lowest BCUT2D eigenvalue weighted by Crippen LogP contribution is -2.49. The summed E-state index contributed by atoms with van der Waals surface area (Å²) in [5.74, 6) is 5.71. The van der Waals surface area contributed by atoms with Gasteiger partial charge in [0.15, 0.2) is 11.5 Å². The molecule has 3 heterocycles. The van der Waals surface area contributed by atoms with Crippen LogP contribution in [0.1, 0.15) is 49.8 Å². The molecule has 5 nitrogen and oxygen atoms in total. The molecule has 1 aromatic heterocycles. The van der Waals surface area contributed by atoms with Gasteiger partial charge in [-0.2, -0.15) is 5.10 Å². The highest BCUT2D eigenvalue weighted by atomic mass is 16.6. The van der Waals surface area contributed by atoms with Crippen molar-refractivity contribution in [1.82, 2.24) is 9.78 Å². The maximum atomic E-state index is 5.83. The molecule has 0 radical (unpaired) electrons. The van der Waals surface area contributed by atoms with Crippen molar-refractivity contribution in [3.05, 3.63) is 29.5 Å². The van der Waals surface area contributed by atoms with E-state index in [0.717, 1.165) is 47.9 Å². The first-order valence-electron chi connectivity index (χ1n) is 11.0. The van der Waals surface area contributed by atoms with Crippen LogP contribution in [0.4, 0.5) is 5.82 Å². The number of rotatable bonds is 2. The summed E-state index contributed by atoms with van der Waals surface area (Å²) in [5.41, 5.74) is 4.31. The van der Waals surface area contributed by atoms with Crippen LogP contribution in [0, 0.1) is 17.8 Å². The van der Waals surface area contributed by atoms with E-state index >= 15 is 0 Å². The minimum atomic E-state index is 0.337. The van der Waals surface area contributed by atoms with Crippen LogP contribution in [-0.4, -0.2) is 29.5 Å². The van der Waals surface area contributed by atoms with Crippen molar-refractivity contribution in [2.45, 2.75) is 50.4 Å². The molecule has 1 N–H and O–H groups in total. The molecular weight excluding hydrogens is 350 g/mol. The molecule has 4 fully saturated rings. The summed E-state index contributed by atoms with van der Waals surface area (Å²) in [4.78, 5) is 0. The average molecular weight is 377 g/mol. The van der Waals surface area contributed by atoms with Gasteiger partial charge in [0.1, 0.15) is 19.0 Å². The van der Waals surface area contributed by atoms with E-state index in [2.05, 4.69) is 22.1 Å². The molecular formula is C23H27N3O2. The Morgan fingerprint density at radius 1 is 0.964 bits per heavy atom. The third-order valence-corrected chi connectivity index (χ3v) is 7.96. The zero-order chi connectivity index (χ0) is 18.3. The topological polar surface area (TPSA) is 48.3 Å². The molecule has 5 heteroatoms. The molecule has 4 aliphatic carbocycles. The summed E-state index contributed by atoms with van der Waals surface area (Å²) in [6.07, 6.45) is 9.63. The number of fused-ring (bicyclic) bond motifs is 2. The van der Waals surface area contributed by atoms with E-state index in [1.807, 2.05) is 6.07 Å². The molecule has 4 bridgehead atoms. The minimum absolute atomic E-state index is 0.337. The van der Waals surface area contributed by atoms with E-state index in [0.29, 0.717) is 18.6 Å². The number of hydrogen-bond donors (Lipinski definition) is 1. The fraction of sp³-hybridized carbons (Fsp3) is 0.609. The van der Waals surface area contributed by atoms with Gasteiger partial charge in [0.2, 0.25) is 0 Å². The Labute approximate surface area is 165 Å². The Morgan fingerprint density at radius 3 is 2.43 bits per heavy atom. The lowest BCUT2D eigenvalue weighted by atomic mass is 9.48. The molecule has 28 heavy (non-hydrogen) atoms. The van der Waals surface area contributed by atoms with E-state index in [1.165, 1.54) is 55.6 Å². The maximum Gasteiger partial charge on any atom is 0.163 e. The average Bonchev–Trinajstić information content (AvgIpc) is 3.29. The standard InChI is InChI=1S/C23H27N3O2/c1-2-19-20(28-6-5-27-19)10-17(1)26-22-18(3-4-24-22)21(25-26)23-11-14-7-15(12-23)9-16(8-14)13-23/h1-2,10,14-16,24H,3-9,11-13H2. The van der Waals surface area contributed by atoms with Gasteiger partial charge in [0.25, 0.3) is 0 Å². The third kappa shape index (κ3) is 2.10. The monoisotopic (exact) mass is 377 g/mol. The summed E-state index contributed by atoms with van der Waals surface area (Å²) in [5, 5.41) is 8.93. The molecule has 0 amide bonds. The number of nitrogens with zero attached hydrogens (tertiary/aromatic N) is 2. The number of aromatic nitrogens is 2. The van der Waals surface area contributed by atoms with Gasteiger partial charge < -0.3 is 14.8 Å². The van der Waals surface area contributed by atoms with Crippen LogP contribution >= 0.6 is 0 Å². The molecule has 2 aliphatic heterocycles. The predicted molar refractivity (Wildman–Crippen MR) is 107 cm³/mol. The summed E-state index contributed by atoms with van der Waals surface area (Å²) in [7, 11) is 0. The van der Waals surface area contributed by atoms with E-state index in [1.54, 1.807) is 0 Å². The fourth-order valence-corrected chi connectivity index (χ4v) is 7.35. The summed E-state index contributed by atoms with van der Waals surface area (Å²) in [6.45, 7) is 2.27. The summed E-state index contributed by atoms with van der Waals surface area (Å²) < 4.78 is 13.7. The smallest absolute Gasteiger partial charge is 0.163 e. The van der Waals surface area contributed by atoms with Crippen LogP contribution in [0.3, 0.4) is 0 Å². The largest absolute Gasteiger partial charge is 0.486 e. The number of benzene rings is 1. The Hall–Kier alpha value is -2.17. The number of hydrogen-bond acceptors (Lipinski definition) is 4. The molecule has 4 saturated carbocycles. The first-order valence-corrected chi connectivity index (χ1v) is 11.0. The van der Waals surface area contributed by atoms with Crippen molar-refractivity contribution < 1.29 is 9.47 Å². The van der Waals surface area contributed by atoms with E-state index in [9.17, 15) is 0 Å². The molecule has 0 saturated heterocycles. The lowest BCUT2D eigenvalue weighted by Gasteiger charge is -2.56. The third-order valence-electron chi connectivity index (χ3n) is 7.96. The van der Waals surface area contributed by atoms with E-state index in [4.69, 9.17) is 14.6 Å². The van der Waals surface area contributed by atoms with Crippen LogP contribution in [0.25, 0.3) is 5.69 Å². The van der Waals surface area contributed by atoms with Crippen molar-refractivity contribution in [3.8, 4) is 17.2 Å². The Balaban J connectivity index is 1.35. The molecule has 146 valence electrons. The first-order chi connectivity index (χ1) is 13.8. The van der Waals surface area contributed by atoms with Gasteiger partial charge >= 0.3 is 0 Å². The summed E-state index contributed by atoms with van der Waals surface area (Å²) >= 11 is 0. The van der Waals surface area contributed by atoms with Crippen LogP contribution in [0.2, 0.25) is 0 Å². The predicted octanol–water partition coefficient (Wildman–Crippen LogP) is 4.08. The van der Waals surface area contributed by atoms with Gasteiger partial charge in [-0.05, 0) is 74.8 Å². The fourth-order valence-electron chi connectivity index (χ4n) is 7.35. The molecule has 0 atom stereocenters. The Kier molecular flexibility index (Phi) is 3.06. The van der Waals surface area contributed by atoms with Crippen LogP contribution in [-0.2, 0) is 11.8 Å². The second-order valence-corrected chi connectivity index (χ2v) is 9.79. The second kappa shape index (κ2) is 5.46. The highest BCUT2D eigenvalue weighted by molar-refractivity contribution is 5.60. The van der Waals surface area contributed by atoms with Gasteiger partial charge in [-0.3, -0.25) is 0 Å². The number of ether oxygens (including phenoxy) is 2. The van der Waals surface area contributed by atoms with E-state index in [-0.39, 0.29) is 0 Å². The van der Waals surface area contributed by atoms with Gasteiger partial charge in [0, 0.05) is 23.6 Å². The van der Waals surface area contributed by atoms with Crippen LogP contribution < -0.4 is 14.8 Å². The minimum Gasteiger partial charge on any atom is -0.486 e. The van der Waals surface area contributed by atoms with Crippen molar-refractivity contribution in [1.29, 1.82) is 0 Å². The summed E-state index contributed by atoms with van der Waals surface area (Å²) in [6, 6.07) is 6.23. The molecule has 6 aliphatic rings. The zero-order valence-corrected chi connectivity index (χ0v) is 16.2. The molecule has 1 aromatic carbocycles. The second-order valence-electron chi connectivity index (χ2n) is 9.79.